The third kappa shape index (κ3) is 2.97. The molecule has 2 rings (SSSR count). The summed E-state index contributed by atoms with van der Waals surface area (Å²) in [5.41, 5.74) is 5.57. The molecule has 17 heavy (non-hydrogen) atoms. The summed E-state index contributed by atoms with van der Waals surface area (Å²) in [6.07, 6.45) is 1.97. The maximum absolute atomic E-state index is 3.87. The standard InChI is InChI=1S/C13H14.C2H6.C2H4/c1-4-11-9(2)10(3)12-7-5-6-8-13(11)12;2*1-2/h4-8,10H,1H2,2-3H3;1-2H3;1-2H2. The number of rotatable bonds is 1. The van der Waals surface area contributed by atoms with Gasteiger partial charge in [0.1, 0.15) is 0 Å². The summed E-state index contributed by atoms with van der Waals surface area (Å²) < 4.78 is 0. The molecule has 0 saturated heterocycles. The van der Waals surface area contributed by atoms with E-state index in [2.05, 4.69) is 57.8 Å². The fourth-order valence-electron chi connectivity index (χ4n) is 2.07. The third-order valence-corrected chi connectivity index (χ3v) is 3.00. The van der Waals surface area contributed by atoms with Gasteiger partial charge in [0.05, 0.1) is 0 Å². The molecule has 1 atom stereocenters. The molecule has 0 amide bonds. The molecule has 1 aliphatic rings. The minimum absolute atomic E-state index is 0.559. The molecule has 0 radical (unpaired) electrons. The van der Waals surface area contributed by atoms with E-state index in [-0.39, 0.29) is 0 Å². The third-order valence-electron chi connectivity index (χ3n) is 3.00. The van der Waals surface area contributed by atoms with E-state index in [1.165, 1.54) is 22.3 Å². The quantitative estimate of drug-likeness (QED) is 0.549. The number of hydrogen-bond acceptors (Lipinski definition) is 0. The van der Waals surface area contributed by atoms with E-state index in [0.29, 0.717) is 5.92 Å². The molecule has 0 heteroatoms. The maximum Gasteiger partial charge on any atom is 0.00324 e. The highest BCUT2D eigenvalue weighted by Gasteiger charge is 2.22. The Bertz CT molecular complexity index is 396. The highest BCUT2D eigenvalue weighted by Crippen LogP contribution is 2.41. The number of benzene rings is 1. The van der Waals surface area contributed by atoms with Crippen molar-refractivity contribution in [1.82, 2.24) is 0 Å². The number of allylic oxidation sites excluding steroid dienone is 3. The van der Waals surface area contributed by atoms with Gasteiger partial charge in [0, 0.05) is 5.92 Å². The van der Waals surface area contributed by atoms with Gasteiger partial charge in [-0.1, -0.05) is 63.3 Å². The molecule has 0 N–H and O–H groups in total. The van der Waals surface area contributed by atoms with Crippen molar-refractivity contribution in [1.29, 1.82) is 0 Å². The van der Waals surface area contributed by atoms with Gasteiger partial charge in [0.15, 0.2) is 0 Å². The van der Waals surface area contributed by atoms with Gasteiger partial charge in [-0.05, 0) is 23.6 Å². The number of fused-ring (bicyclic) bond motifs is 1. The zero-order valence-electron chi connectivity index (χ0n) is 11.6. The second-order valence-corrected chi connectivity index (χ2v) is 3.61. The average molecular weight is 228 g/mol. The van der Waals surface area contributed by atoms with Gasteiger partial charge in [-0.15, -0.1) is 13.2 Å². The zero-order valence-corrected chi connectivity index (χ0v) is 11.6. The van der Waals surface area contributed by atoms with Crippen LogP contribution in [0.4, 0.5) is 0 Å². The van der Waals surface area contributed by atoms with E-state index in [1.54, 1.807) is 0 Å². The zero-order chi connectivity index (χ0) is 13.4. The summed E-state index contributed by atoms with van der Waals surface area (Å²) in [6, 6.07) is 8.58. The van der Waals surface area contributed by atoms with E-state index in [9.17, 15) is 0 Å². The molecule has 1 aromatic rings. The lowest BCUT2D eigenvalue weighted by atomic mass is 9.99. The van der Waals surface area contributed by atoms with Crippen LogP contribution in [0.5, 0.6) is 0 Å². The Morgan fingerprint density at radius 3 is 2.18 bits per heavy atom. The summed E-state index contributed by atoms with van der Waals surface area (Å²) in [6.45, 7) is 18.3. The van der Waals surface area contributed by atoms with E-state index in [1.807, 2.05) is 19.9 Å². The normalized spacial score (nSPS) is 16.1. The van der Waals surface area contributed by atoms with Crippen molar-refractivity contribution in [2.75, 3.05) is 0 Å². The molecule has 0 nitrogen and oxygen atoms in total. The van der Waals surface area contributed by atoms with Crippen LogP contribution < -0.4 is 0 Å². The molecule has 0 aromatic heterocycles. The van der Waals surface area contributed by atoms with Crippen LogP contribution in [0.3, 0.4) is 0 Å². The van der Waals surface area contributed by atoms with Gasteiger partial charge in [-0.3, -0.25) is 0 Å². The van der Waals surface area contributed by atoms with E-state index < -0.39 is 0 Å². The van der Waals surface area contributed by atoms with Crippen molar-refractivity contribution in [3.63, 3.8) is 0 Å². The van der Waals surface area contributed by atoms with Crippen molar-refractivity contribution in [2.45, 2.75) is 33.6 Å². The molecule has 0 fully saturated rings. The Labute approximate surface area is 106 Å². The van der Waals surface area contributed by atoms with Gasteiger partial charge >= 0.3 is 0 Å². The topological polar surface area (TPSA) is 0 Å². The highest BCUT2D eigenvalue weighted by molar-refractivity contribution is 5.83. The smallest absolute Gasteiger partial charge is 0.00324 e. The fraction of sp³-hybridized carbons (Fsp3) is 0.294. The van der Waals surface area contributed by atoms with Gasteiger partial charge in [-0.25, -0.2) is 0 Å². The van der Waals surface area contributed by atoms with Crippen LogP contribution >= 0.6 is 0 Å². The van der Waals surface area contributed by atoms with Crippen LogP contribution in [0, 0.1) is 0 Å². The second-order valence-electron chi connectivity index (χ2n) is 3.61. The molecule has 0 aliphatic heterocycles. The van der Waals surface area contributed by atoms with Crippen LogP contribution in [-0.4, -0.2) is 0 Å². The Balaban J connectivity index is 0.000000581. The van der Waals surface area contributed by atoms with Gasteiger partial charge in [-0.2, -0.15) is 0 Å². The minimum Gasteiger partial charge on any atom is -0.106 e. The first-order chi connectivity index (χ1) is 8.25. The molecule has 0 heterocycles. The summed E-state index contributed by atoms with van der Waals surface area (Å²) >= 11 is 0. The predicted molar refractivity (Wildman–Crippen MR) is 80.3 cm³/mol. The summed E-state index contributed by atoms with van der Waals surface area (Å²) in [7, 11) is 0. The van der Waals surface area contributed by atoms with Crippen molar-refractivity contribution in [2.24, 2.45) is 0 Å². The Hall–Kier alpha value is -1.56. The SMILES string of the molecule is C=C.C=CC1=C(C)C(C)c2ccccc21.CC. The molecule has 1 aromatic carbocycles. The van der Waals surface area contributed by atoms with Crippen LogP contribution in [0.1, 0.15) is 44.7 Å². The Kier molecular flexibility index (Phi) is 6.97. The molecule has 1 aliphatic carbocycles. The van der Waals surface area contributed by atoms with Crippen molar-refractivity contribution < 1.29 is 0 Å². The monoisotopic (exact) mass is 228 g/mol. The lowest BCUT2D eigenvalue weighted by Gasteiger charge is -2.05. The van der Waals surface area contributed by atoms with E-state index in [4.69, 9.17) is 0 Å². The lowest BCUT2D eigenvalue weighted by Crippen LogP contribution is -1.88. The highest BCUT2D eigenvalue weighted by atomic mass is 14.3. The van der Waals surface area contributed by atoms with Crippen molar-refractivity contribution in [3.05, 3.63) is 66.8 Å². The molecular weight excluding hydrogens is 204 g/mol. The first kappa shape index (κ1) is 15.4. The van der Waals surface area contributed by atoms with E-state index >= 15 is 0 Å². The van der Waals surface area contributed by atoms with Crippen LogP contribution in [0.15, 0.2) is 55.7 Å². The summed E-state index contributed by atoms with van der Waals surface area (Å²) in [5.74, 6) is 0.559. The molecule has 0 bridgehead atoms. The van der Waals surface area contributed by atoms with E-state index in [0.717, 1.165) is 0 Å². The molecule has 92 valence electrons. The van der Waals surface area contributed by atoms with Crippen molar-refractivity contribution >= 4 is 5.57 Å². The van der Waals surface area contributed by atoms with Crippen LogP contribution in [0.25, 0.3) is 5.57 Å². The van der Waals surface area contributed by atoms with Crippen molar-refractivity contribution in [3.8, 4) is 0 Å². The molecular formula is C17H24. The summed E-state index contributed by atoms with van der Waals surface area (Å²) in [4.78, 5) is 0. The summed E-state index contributed by atoms with van der Waals surface area (Å²) in [5, 5.41) is 0. The fourth-order valence-corrected chi connectivity index (χ4v) is 2.07. The van der Waals surface area contributed by atoms with Crippen LogP contribution in [0.2, 0.25) is 0 Å². The second kappa shape index (κ2) is 7.67. The average Bonchev–Trinajstić information content (AvgIpc) is 2.67. The Morgan fingerprint density at radius 1 is 1.12 bits per heavy atom. The molecule has 1 unspecified atom stereocenters. The maximum atomic E-state index is 3.87. The first-order valence-corrected chi connectivity index (χ1v) is 6.18. The molecule has 0 saturated carbocycles. The van der Waals surface area contributed by atoms with Crippen LogP contribution in [-0.2, 0) is 0 Å². The Morgan fingerprint density at radius 2 is 1.65 bits per heavy atom. The minimum atomic E-state index is 0.559. The van der Waals surface area contributed by atoms with Gasteiger partial charge in [0.25, 0.3) is 0 Å². The molecule has 0 spiro atoms. The first-order valence-electron chi connectivity index (χ1n) is 6.18. The number of hydrogen-bond donors (Lipinski definition) is 0. The predicted octanol–water partition coefficient (Wildman–Crippen LogP) is 5.59. The van der Waals surface area contributed by atoms with Gasteiger partial charge < -0.3 is 0 Å². The van der Waals surface area contributed by atoms with Gasteiger partial charge in [0.2, 0.25) is 0 Å². The largest absolute Gasteiger partial charge is 0.106 e. The lowest BCUT2D eigenvalue weighted by molar-refractivity contribution is 0.920.